The summed E-state index contributed by atoms with van der Waals surface area (Å²) in [5, 5.41) is 11.7. The third kappa shape index (κ3) is 3.69. The van der Waals surface area contributed by atoms with E-state index in [0.717, 1.165) is 11.3 Å². The van der Waals surface area contributed by atoms with Gasteiger partial charge in [0.25, 0.3) is 0 Å². The second kappa shape index (κ2) is 6.53. The molecule has 0 saturated heterocycles. The number of nitrogens with one attached hydrogen (secondary N) is 1. The van der Waals surface area contributed by atoms with Gasteiger partial charge in [0.15, 0.2) is 6.61 Å². The van der Waals surface area contributed by atoms with E-state index in [1.54, 1.807) is 18.3 Å². The Labute approximate surface area is 116 Å². The van der Waals surface area contributed by atoms with E-state index in [-0.39, 0.29) is 18.5 Å². The van der Waals surface area contributed by atoms with Crippen LogP contribution >= 0.6 is 0 Å². The van der Waals surface area contributed by atoms with E-state index in [0.29, 0.717) is 5.75 Å². The predicted molar refractivity (Wildman–Crippen MR) is 73.8 cm³/mol. The van der Waals surface area contributed by atoms with Crippen LogP contribution in [0, 0.1) is 17.1 Å². The van der Waals surface area contributed by atoms with Gasteiger partial charge in [0.05, 0.1) is 12.2 Å². The van der Waals surface area contributed by atoms with Crippen molar-refractivity contribution >= 4 is 5.69 Å². The van der Waals surface area contributed by atoms with Crippen molar-refractivity contribution in [3.63, 3.8) is 0 Å². The van der Waals surface area contributed by atoms with E-state index in [1.165, 1.54) is 12.3 Å². The fourth-order valence-corrected chi connectivity index (χ4v) is 1.76. The smallest absolute Gasteiger partial charge is 0.174 e. The van der Waals surface area contributed by atoms with Gasteiger partial charge in [-0.05, 0) is 42.8 Å². The van der Waals surface area contributed by atoms with Crippen molar-refractivity contribution in [1.82, 2.24) is 4.98 Å². The molecule has 0 saturated carbocycles. The zero-order valence-corrected chi connectivity index (χ0v) is 11.0. The lowest BCUT2D eigenvalue weighted by molar-refractivity contribution is 0.368. The molecule has 1 aromatic heterocycles. The van der Waals surface area contributed by atoms with Gasteiger partial charge in [-0.2, -0.15) is 5.26 Å². The molecule has 0 aliphatic rings. The quantitative estimate of drug-likeness (QED) is 0.906. The summed E-state index contributed by atoms with van der Waals surface area (Å²) in [7, 11) is 0. The Morgan fingerprint density at radius 3 is 2.75 bits per heavy atom. The SMILES string of the molecule is CC(Nc1ccc(OCC#N)cc1)c1cncc(F)c1. The lowest BCUT2D eigenvalue weighted by atomic mass is 10.1. The molecule has 1 heterocycles. The summed E-state index contributed by atoms with van der Waals surface area (Å²) < 4.78 is 18.3. The maximum Gasteiger partial charge on any atom is 0.174 e. The Balaban J connectivity index is 2.01. The molecule has 4 nitrogen and oxygen atoms in total. The topological polar surface area (TPSA) is 57.9 Å². The predicted octanol–water partition coefficient (Wildman–Crippen LogP) is 3.30. The van der Waals surface area contributed by atoms with Gasteiger partial charge in [-0.1, -0.05) is 0 Å². The Hall–Kier alpha value is -2.61. The van der Waals surface area contributed by atoms with Crippen LogP contribution in [0.25, 0.3) is 0 Å². The highest BCUT2D eigenvalue weighted by Crippen LogP contribution is 2.21. The van der Waals surface area contributed by atoms with E-state index < -0.39 is 0 Å². The molecule has 0 radical (unpaired) electrons. The van der Waals surface area contributed by atoms with Gasteiger partial charge in [0, 0.05) is 11.9 Å². The van der Waals surface area contributed by atoms with Crippen LogP contribution in [-0.2, 0) is 0 Å². The first kappa shape index (κ1) is 13.8. The molecule has 0 aliphatic heterocycles. The van der Waals surface area contributed by atoms with Gasteiger partial charge in [0.2, 0.25) is 0 Å². The number of rotatable bonds is 5. The van der Waals surface area contributed by atoms with E-state index in [9.17, 15) is 4.39 Å². The molecule has 102 valence electrons. The number of halogens is 1. The van der Waals surface area contributed by atoms with Crippen LogP contribution in [0.2, 0.25) is 0 Å². The van der Waals surface area contributed by atoms with E-state index in [4.69, 9.17) is 10.00 Å². The van der Waals surface area contributed by atoms with Crippen molar-refractivity contribution in [3.8, 4) is 11.8 Å². The zero-order chi connectivity index (χ0) is 14.4. The van der Waals surface area contributed by atoms with Gasteiger partial charge >= 0.3 is 0 Å². The second-order valence-corrected chi connectivity index (χ2v) is 4.27. The minimum Gasteiger partial charge on any atom is -0.479 e. The highest BCUT2D eigenvalue weighted by molar-refractivity contribution is 5.48. The average Bonchev–Trinajstić information content (AvgIpc) is 2.46. The van der Waals surface area contributed by atoms with Gasteiger partial charge in [-0.3, -0.25) is 4.98 Å². The van der Waals surface area contributed by atoms with Crippen LogP contribution in [0.4, 0.5) is 10.1 Å². The molecule has 1 aromatic carbocycles. The number of ether oxygens (including phenoxy) is 1. The Bertz CT molecular complexity index is 607. The summed E-state index contributed by atoms with van der Waals surface area (Å²) in [4.78, 5) is 3.83. The summed E-state index contributed by atoms with van der Waals surface area (Å²) in [6, 6.07) is 10.5. The number of nitrogens with zero attached hydrogens (tertiary/aromatic N) is 2. The number of aromatic nitrogens is 1. The summed E-state index contributed by atoms with van der Waals surface area (Å²) in [5.74, 6) is 0.286. The summed E-state index contributed by atoms with van der Waals surface area (Å²) >= 11 is 0. The van der Waals surface area contributed by atoms with Crippen LogP contribution in [0.15, 0.2) is 42.7 Å². The molecule has 0 fully saturated rings. The minimum absolute atomic E-state index is 0.0259. The van der Waals surface area contributed by atoms with E-state index >= 15 is 0 Å². The number of anilines is 1. The van der Waals surface area contributed by atoms with Crippen LogP contribution in [-0.4, -0.2) is 11.6 Å². The first-order valence-corrected chi connectivity index (χ1v) is 6.16. The number of benzene rings is 1. The third-order valence-corrected chi connectivity index (χ3v) is 2.77. The van der Waals surface area contributed by atoms with Crippen molar-refractivity contribution in [2.45, 2.75) is 13.0 Å². The number of hydrogen-bond acceptors (Lipinski definition) is 4. The molecular formula is C15H14FN3O. The van der Waals surface area contributed by atoms with Crippen LogP contribution in [0.1, 0.15) is 18.5 Å². The fraction of sp³-hybridized carbons (Fsp3) is 0.200. The van der Waals surface area contributed by atoms with Crippen LogP contribution < -0.4 is 10.1 Å². The first-order valence-electron chi connectivity index (χ1n) is 6.16. The van der Waals surface area contributed by atoms with Crippen LogP contribution in [0.3, 0.4) is 0 Å². The van der Waals surface area contributed by atoms with Crippen molar-refractivity contribution in [1.29, 1.82) is 5.26 Å². The summed E-state index contributed by atoms with van der Waals surface area (Å²) in [5.41, 5.74) is 1.65. The molecule has 0 bridgehead atoms. The highest BCUT2D eigenvalue weighted by atomic mass is 19.1. The normalized spacial score (nSPS) is 11.4. The standard InChI is InChI=1S/C15H14FN3O/c1-11(12-8-13(16)10-18-9-12)19-14-2-4-15(5-3-14)20-7-6-17/h2-5,8-11,19H,7H2,1H3. The molecular weight excluding hydrogens is 257 g/mol. The highest BCUT2D eigenvalue weighted by Gasteiger charge is 2.07. The van der Waals surface area contributed by atoms with Gasteiger partial charge in [-0.15, -0.1) is 0 Å². The monoisotopic (exact) mass is 271 g/mol. The molecule has 5 heteroatoms. The number of hydrogen-bond donors (Lipinski definition) is 1. The average molecular weight is 271 g/mol. The maximum absolute atomic E-state index is 13.1. The van der Waals surface area contributed by atoms with Crippen LogP contribution in [0.5, 0.6) is 5.75 Å². The van der Waals surface area contributed by atoms with E-state index in [2.05, 4.69) is 10.3 Å². The molecule has 1 N–H and O–H groups in total. The van der Waals surface area contributed by atoms with Gasteiger partial charge in [0.1, 0.15) is 17.6 Å². The maximum atomic E-state index is 13.1. The Morgan fingerprint density at radius 1 is 1.35 bits per heavy atom. The molecule has 2 aromatic rings. The fourth-order valence-electron chi connectivity index (χ4n) is 1.76. The minimum atomic E-state index is -0.351. The Morgan fingerprint density at radius 2 is 2.10 bits per heavy atom. The molecule has 20 heavy (non-hydrogen) atoms. The van der Waals surface area contributed by atoms with Crippen molar-refractivity contribution < 1.29 is 9.13 Å². The second-order valence-electron chi connectivity index (χ2n) is 4.27. The van der Waals surface area contributed by atoms with Crippen molar-refractivity contribution in [2.24, 2.45) is 0 Å². The summed E-state index contributed by atoms with van der Waals surface area (Å²) in [6.07, 6.45) is 2.81. The molecule has 1 unspecified atom stereocenters. The zero-order valence-electron chi connectivity index (χ0n) is 11.0. The lowest BCUT2D eigenvalue weighted by Crippen LogP contribution is -2.07. The van der Waals surface area contributed by atoms with Gasteiger partial charge < -0.3 is 10.1 Å². The Kier molecular flexibility index (Phi) is 4.51. The third-order valence-electron chi connectivity index (χ3n) is 2.77. The van der Waals surface area contributed by atoms with Crippen molar-refractivity contribution in [2.75, 3.05) is 11.9 Å². The molecule has 0 amide bonds. The molecule has 1 atom stereocenters. The molecule has 0 spiro atoms. The lowest BCUT2D eigenvalue weighted by Gasteiger charge is -2.15. The largest absolute Gasteiger partial charge is 0.479 e. The number of nitriles is 1. The number of pyridine rings is 1. The molecule has 2 rings (SSSR count). The van der Waals surface area contributed by atoms with Crippen molar-refractivity contribution in [3.05, 3.63) is 54.1 Å². The first-order chi connectivity index (χ1) is 9.69. The van der Waals surface area contributed by atoms with E-state index in [1.807, 2.05) is 25.1 Å². The summed E-state index contributed by atoms with van der Waals surface area (Å²) in [6.45, 7) is 1.95. The van der Waals surface area contributed by atoms with Gasteiger partial charge in [-0.25, -0.2) is 4.39 Å². The molecule has 0 aliphatic carbocycles.